The third kappa shape index (κ3) is 6.08. The molecule has 2 aromatic carbocycles. The van der Waals surface area contributed by atoms with E-state index in [9.17, 15) is 18.5 Å². The second-order valence-electron chi connectivity index (χ2n) is 6.88. The minimum atomic E-state index is -3.19. The molecule has 0 aliphatic carbocycles. The van der Waals surface area contributed by atoms with Crippen LogP contribution in [0.1, 0.15) is 17.7 Å². The van der Waals surface area contributed by atoms with E-state index in [1.807, 2.05) is 25.1 Å². The van der Waals surface area contributed by atoms with Crippen molar-refractivity contribution in [3.05, 3.63) is 82.0 Å². The standard InChI is InChI=1S/C21H22N4O4S/c1-16-14-20(24-21(23-16)18-8-10-19(11-9-18)25(26)27)22-12-5-13-30(28,29)15-17-6-3-2-4-7-17/h2-4,6-11,14H,5,12-13,15H2,1H3,(H,22,23,24). The van der Waals surface area contributed by atoms with E-state index in [1.165, 1.54) is 12.1 Å². The Morgan fingerprint density at radius 2 is 1.73 bits per heavy atom. The number of non-ortho nitro benzene ring substituents is 1. The first-order valence-corrected chi connectivity index (χ1v) is 11.2. The smallest absolute Gasteiger partial charge is 0.269 e. The molecule has 3 aromatic rings. The Bertz CT molecular complexity index is 1120. The summed E-state index contributed by atoms with van der Waals surface area (Å²) in [5.41, 5.74) is 2.18. The molecule has 0 atom stereocenters. The Balaban J connectivity index is 1.58. The van der Waals surface area contributed by atoms with Crippen LogP contribution in [0.4, 0.5) is 11.5 Å². The average molecular weight is 426 g/mol. The number of hydrogen-bond donors (Lipinski definition) is 1. The lowest BCUT2D eigenvalue weighted by Gasteiger charge is -2.09. The fourth-order valence-corrected chi connectivity index (χ4v) is 4.36. The highest BCUT2D eigenvalue weighted by molar-refractivity contribution is 7.90. The van der Waals surface area contributed by atoms with Gasteiger partial charge >= 0.3 is 0 Å². The van der Waals surface area contributed by atoms with Crippen molar-refractivity contribution in [3.8, 4) is 11.4 Å². The molecule has 0 spiro atoms. The van der Waals surface area contributed by atoms with Crippen LogP contribution in [0, 0.1) is 17.0 Å². The quantitative estimate of drug-likeness (QED) is 0.314. The summed E-state index contributed by atoms with van der Waals surface area (Å²) in [6, 6.07) is 16.9. The monoisotopic (exact) mass is 426 g/mol. The van der Waals surface area contributed by atoms with Crippen LogP contribution in [0.2, 0.25) is 0 Å². The summed E-state index contributed by atoms with van der Waals surface area (Å²) >= 11 is 0. The number of aryl methyl sites for hydroxylation is 1. The highest BCUT2D eigenvalue weighted by Gasteiger charge is 2.12. The van der Waals surface area contributed by atoms with Crippen molar-refractivity contribution in [2.24, 2.45) is 0 Å². The van der Waals surface area contributed by atoms with Gasteiger partial charge in [-0.1, -0.05) is 30.3 Å². The molecular weight excluding hydrogens is 404 g/mol. The molecule has 0 radical (unpaired) electrons. The van der Waals surface area contributed by atoms with Gasteiger partial charge in [0.2, 0.25) is 0 Å². The molecule has 0 amide bonds. The van der Waals surface area contributed by atoms with Crippen LogP contribution in [0.5, 0.6) is 0 Å². The second-order valence-corrected chi connectivity index (χ2v) is 9.06. The Morgan fingerprint density at radius 1 is 1.03 bits per heavy atom. The number of nitrogens with one attached hydrogen (secondary N) is 1. The van der Waals surface area contributed by atoms with Crippen molar-refractivity contribution >= 4 is 21.3 Å². The number of anilines is 1. The molecule has 156 valence electrons. The van der Waals surface area contributed by atoms with Gasteiger partial charge in [0.15, 0.2) is 15.7 Å². The zero-order valence-electron chi connectivity index (χ0n) is 16.5. The molecule has 0 saturated heterocycles. The lowest BCUT2D eigenvalue weighted by Crippen LogP contribution is -2.14. The largest absolute Gasteiger partial charge is 0.370 e. The minimum Gasteiger partial charge on any atom is -0.370 e. The Labute approximate surface area is 175 Å². The summed E-state index contributed by atoms with van der Waals surface area (Å²) in [6.45, 7) is 2.27. The van der Waals surface area contributed by atoms with Crippen LogP contribution in [-0.4, -0.2) is 35.6 Å². The molecule has 3 rings (SSSR count). The Hall–Kier alpha value is -3.33. The summed E-state index contributed by atoms with van der Waals surface area (Å²) in [5, 5.41) is 13.9. The van der Waals surface area contributed by atoms with E-state index in [4.69, 9.17) is 0 Å². The van der Waals surface area contributed by atoms with E-state index in [2.05, 4.69) is 15.3 Å². The normalized spacial score (nSPS) is 11.2. The van der Waals surface area contributed by atoms with E-state index < -0.39 is 14.8 Å². The lowest BCUT2D eigenvalue weighted by atomic mass is 10.2. The Morgan fingerprint density at radius 3 is 2.40 bits per heavy atom. The number of hydrogen-bond acceptors (Lipinski definition) is 7. The van der Waals surface area contributed by atoms with Gasteiger partial charge in [-0.25, -0.2) is 18.4 Å². The van der Waals surface area contributed by atoms with Gasteiger partial charge in [0.1, 0.15) is 5.82 Å². The van der Waals surface area contributed by atoms with Crippen molar-refractivity contribution in [2.75, 3.05) is 17.6 Å². The molecule has 30 heavy (non-hydrogen) atoms. The first-order chi connectivity index (χ1) is 14.3. The zero-order chi connectivity index (χ0) is 21.6. The summed E-state index contributed by atoms with van der Waals surface area (Å²) in [4.78, 5) is 19.2. The van der Waals surface area contributed by atoms with Gasteiger partial charge in [-0.3, -0.25) is 10.1 Å². The van der Waals surface area contributed by atoms with E-state index in [0.717, 1.165) is 11.3 Å². The van der Waals surface area contributed by atoms with E-state index in [1.54, 1.807) is 30.3 Å². The molecule has 1 N–H and O–H groups in total. The molecule has 1 heterocycles. The molecule has 0 unspecified atom stereocenters. The molecule has 1 aromatic heterocycles. The number of nitrogens with zero attached hydrogens (tertiary/aromatic N) is 3. The third-order valence-corrected chi connectivity index (χ3v) is 6.04. The predicted octanol–water partition coefficient (Wildman–Crippen LogP) is 3.78. The maximum atomic E-state index is 12.3. The van der Waals surface area contributed by atoms with Gasteiger partial charge < -0.3 is 5.32 Å². The van der Waals surface area contributed by atoms with E-state index >= 15 is 0 Å². The molecule has 9 heteroatoms. The van der Waals surface area contributed by atoms with Gasteiger partial charge in [-0.2, -0.15) is 0 Å². The van der Waals surface area contributed by atoms with Crippen LogP contribution in [0.25, 0.3) is 11.4 Å². The third-order valence-electron chi connectivity index (χ3n) is 4.36. The average Bonchev–Trinajstić information content (AvgIpc) is 2.71. The molecule has 0 fully saturated rings. The van der Waals surface area contributed by atoms with E-state index in [-0.39, 0.29) is 17.2 Å². The maximum absolute atomic E-state index is 12.3. The van der Waals surface area contributed by atoms with Gasteiger partial charge in [-0.05, 0) is 31.0 Å². The number of aromatic nitrogens is 2. The first-order valence-electron chi connectivity index (χ1n) is 9.41. The fourth-order valence-electron chi connectivity index (χ4n) is 2.93. The minimum absolute atomic E-state index is 0.00136. The van der Waals surface area contributed by atoms with Crippen LogP contribution in [0.15, 0.2) is 60.7 Å². The second kappa shape index (κ2) is 9.45. The zero-order valence-corrected chi connectivity index (χ0v) is 17.3. The number of rotatable bonds is 9. The van der Waals surface area contributed by atoms with Crippen molar-refractivity contribution in [2.45, 2.75) is 19.1 Å². The SMILES string of the molecule is Cc1cc(NCCCS(=O)(=O)Cc2ccccc2)nc(-c2ccc([N+](=O)[O-])cc2)n1. The van der Waals surface area contributed by atoms with Gasteiger partial charge in [0, 0.05) is 36.0 Å². The number of nitro benzene ring substituents is 1. The van der Waals surface area contributed by atoms with Crippen LogP contribution in [0.3, 0.4) is 0 Å². The maximum Gasteiger partial charge on any atom is 0.269 e. The number of sulfone groups is 1. The molecular formula is C21H22N4O4S. The van der Waals surface area contributed by atoms with Crippen LogP contribution >= 0.6 is 0 Å². The van der Waals surface area contributed by atoms with Crippen molar-refractivity contribution in [1.29, 1.82) is 0 Å². The van der Waals surface area contributed by atoms with Gasteiger partial charge in [0.05, 0.1) is 16.4 Å². The predicted molar refractivity (Wildman–Crippen MR) is 116 cm³/mol. The molecule has 0 aliphatic rings. The van der Waals surface area contributed by atoms with Crippen molar-refractivity contribution < 1.29 is 13.3 Å². The van der Waals surface area contributed by atoms with Crippen molar-refractivity contribution in [1.82, 2.24) is 9.97 Å². The summed E-state index contributed by atoms with van der Waals surface area (Å²) < 4.78 is 24.6. The van der Waals surface area contributed by atoms with Gasteiger partial charge in [0.25, 0.3) is 5.69 Å². The van der Waals surface area contributed by atoms with Crippen LogP contribution in [-0.2, 0) is 15.6 Å². The topological polar surface area (TPSA) is 115 Å². The summed E-state index contributed by atoms with van der Waals surface area (Å²) in [5.74, 6) is 1.14. The lowest BCUT2D eigenvalue weighted by molar-refractivity contribution is -0.384. The van der Waals surface area contributed by atoms with Crippen LogP contribution < -0.4 is 5.32 Å². The highest BCUT2D eigenvalue weighted by atomic mass is 32.2. The fraction of sp³-hybridized carbons (Fsp3) is 0.238. The molecule has 0 saturated carbocycles. The van der Waals surface area contributed by atoms with Gasteiger partial charge in [-0.15, -0.1) is 0 Å². The molecule has 0 aliphatic heterocycles. The summed E-state index contributed by atoms with van der Waals surface area (Å²) in [7, 11) is -3.19. The van der Waals surface area contributed by atoms with E-state index in [0.29, 0.717) is 30.2 Å². The highest BCUT2D eigenvalue weighted by Crippen LogP contribution is 2.21. The number of nitro groups is 1. The number of benzene rings is 2. The first kappa shape index (κ1) is 21.4. The molecule has 8 nitrogen and oxygen atoms in total. The Kier molecular flexibility index (Phi) is 6.73. The van der Waals surface area contributed by atoms with Crippen molar-refractivity contribution in [3.63, 3.8) is 0 Å². The molecule has 0 bridgehead atoms. The summed E-state index contributed by atoms with van der Waals surface area (Å²) in [6.07, 6.45) is 0.449.